The predicted molar refractivity (Wildman–Crippen MR) is 110 cm³/mol. The first-order chi connectivity index (χ1) is 12.7. The van der Waals surface area contributed by atoms with Gasteiger partial charge in [0, 0.05) is 23.6 Å². The summed E-state index contributed by atoms with van der Waals surface area (Å²) < 4.78 is 2.41. The highest BCUT2D eigenvalue weighted by atomic mass is 15.0. The third-order valence-corrected chi connectivity index (χ3v) is 5.91. The summed E-state index contributed by atoms with van der Waals surface area (Å²) in [6.45, 7) is 3.24. The second-order valence-corrected chi connectivity index (χ2v) is 7.54. The van der Waals surface area contributed by atoms with Gasteiger partial charge in [0.15, 0.2) is 0 Å². The monoisotopic (exact) mass is 340 g/mol. The van der Waals surface area contributed by atoms with E-state index < -0.39 is 0 Å². The van der Waals surface area contributed by atoms with E-state index in [4.69, 9.17) is 0 Å². The van der Waals surface area contributed by atoms with Gasteiger partial charge in [0.25, 0.3) is 0 Å². The molecule has 1 aliphatic heterocycles. The molecule has 5 rings (SSSR count). The summed E-state index contributed by atoms with van der Waals surface area (Å²) in [5.41, 5.74) is 7.12. The third kappa shape index (κ3) is 2.37. The summed E-state index contributed by atoms with van der Waals surface area (Å²) in [7, 11) is 2.22. The van der Waals surface area contributed by atoms with Gasteiger partial charge in [0.1, 0.15) is 0 Å². The predicted octanol–water partition coefficient (Wildman–Crippen LogP) is 5.07. The van der Waals surface area contributed by atoms with Crippen LogP contribution in [0.15, 0.2) is 60.7 Å². The number of aryl methyl sites for hydroxylation is 2. The molecule has 0 bridgehead atoms. The van der Waals surface area contributed by atoms with Crippen LogP contribution in [-0.4, -0.2) is 11.1 Å². The van der Waals surface area contributed by atoms with Crippen molar-refractivity contribution in [3.63, 3.8) is 0 Å². The first-order valence-electron chi connectivity index (χ1n) is 9.50. The molecule has 2 heterocycles. The zero-order valence-electron chi connectivity index (χ0n) is 15.4. The minimum absolute atomic E-state index is 0.363. The number of rotatable bonds is 2. The van der Waals surface area contributed by atoms with Crippen LogP contribution in [-0.2, 0) is 19.9 Å². The van der Waals surface area contributed by atoms with E-state index in [9.17, 15) is 0 Å². The lowest BCUT2D eigenvalue weighted by Gasteiger charge is -2.27. The lowest BCUT2D eigenvalue weighted by molar-refractivity contribution is 0.481. The van der Waals surface area contributed by atoms with E-state index in [1.165, 1.54) is 44.1 Å². The van der Waals surface area contributed by atoms with Crippen molar-refractivity contribution in [1.29, 1.82) is 0 Å². The number of hydrogen-bond donors (Lipinski definition) is 1. The van der Waals surface area contributed by atoms with E-state index in [0.717, 1.165) is 19.4 Å². The van der Waals surface area contributed by atoms with Gasteiger partial charge in [0.05, 0.1) is 6.04 Å². The number of fused-ring (bicyclic) bond motifs is 4. The van der Waals surface area contributed by atoms with Crippen LogP contribution >= 0.6 is 0 Å². The maximum atomic E-state index is 3.78. The maximum absolute atomic E-state index is 3.78. The smallest absolute Gasteiger partial charge is 0.0519 e. The summed E-state index contributed by atoms with van der Waals surface area (Å²) in [5.74, 6) is 0. The van der Waals surface area contributed by atoms with Crippen LogP contribution < -0.4 is 5.32 Å². The van der Waals surface area contributed by atoms with Gasteiger partial charge in [-0.25, -0.2) is 0 Å². The van der Waals surface area contributed by atoms with Crippen molar-refractivity contribution in [2.24, 2.45) is 7.05 Å². The molecule has 0 radical (unpaired) electrons. The molecule has 0 aliphatic carbocycles. The quantitative estimate of drug-likeness (QED) is 0.539. The van der Waals surface area contributed by atoms with Gasteiger partial charge < -0.3 is 9.88 Å². The number of nitrogens with one attached hydrogen (secondary N) is 1. The fraction of sp³-hybridized carbons (Fsp3) is 0.250. The Bertz CT molecular complexity index is 1110. The molecule has 1 aromatic heterocycles. The van der Waals surface area contributed by atoms with E-state index in [1.807, 2.05) is 0 Å². The van der Waals surface area contributed by atoms with Crippen molar-refractivity contribution in [2.75, 3.05) is 6.54 Å². The molecular formula is C24H24N2. The highest BCUT2D eigenvalue weighted by molar-refractivity contribution is 5.87. The Morgan fingerprint density at radius 2 is 1.85 bits per heavy atom. The van der Waals surface area contributed by atoms with Gasteiger partial charge in [0.2, 0.25) is 0 Å². The second-order valence-electron chi connectivity index (χ2n) is 7.54. The van der Waals surface area contributed by atoms with Crippen LogP contribution in [0.3, 0.4) is 0 Å². The summed E-state index contributed by atoms with van der Waals surface area (Å²) in [5, 5.41) is 7.92. The molecule has 1 unspecified atom stereocenters. The van der Waals surface area contributed by atoms with Gasteiger partial charge >= 0.3 is 0 Å². The Hall–Kier alpha value is -2.58. The average molecular weight is 340 g/mol. The zero-order valence-corrected chi connectivity index (χ0v) is 15.4. The highest BCUT2D eigenvalue weighted by Gasteiger charge is 2.26. The lowest BCUT2D eigenvalue weighted by Crippen LogP contribution is -2.32. The minimum Gasteiger partial charge on any atom is -0.346 e. The summed E-state index contributed by atoms with van der Waals surface area (Å²) in [4.78, 5) is 0. The Morgan fingerprint density at radius 1 is 1.00 bits per heavy atom. The van der Waals surface area contributed by atoms with Gasteiger partial charge in [-0.1, -0.05) is 54.1 Å². The van der Waals surface area contributed by atoms with Crippen LogP contribution in [0.4, 0.5) is 0 Å². The number of aromatic nitrogens is 1. The second kappa shape index (κ2) is 6.00. The number of nitrogens with zero attached hydrogens (tertiary/aromatic N) is 1. The summed E-state index contributed by atoms with van der Waals surface area (Å²) in [6.07, 6.45) is 2.14. The van der Waals surface area contributed by atoms with E-state index in [-0.39, 0.29) is 0 Å². The van der Waals surface area contributed by atoms with Crippen LogP contribution in [0, 0.1) is 6.92 Å². The highest BCUT2D eigenvalue weighted by Crippen LogP contribution is 2.35. The number of hydrogen-bond acceptors (Lipinski definition) is 1. The van der Waals surface area contributed by atoms with E-state index in [2.05, 4.69) is 84.5 Å². The average Bonchev–Trinajstić information content (AvgIpc) is 2.95. The van der Waals surface area contributed by atoms with Crippen molar-refractivity contribution in [3.05, 3.63) is 83.0 Å². The van der Waals surface area contributed by atoms with Crippen molar-refractivity contribution in [2.45, 2.75) is 25.8 Å². The zero-order chi connectivity index (χ0) is 17.7. The molecule has 0 saturated heterocycles. The third-order valence-electron chi connectivity index (χ3n) is 5.91. The van der Waals surface area contributed by atoms with Crippen LogP contribution in [0.1, 0.15) is 28.4 Å². The standard InChI is InChI=1S/C24H24N2/c1-16-10-11-23-21(14-16)20-12-13-25-22(24(20)26(23)2)15-18-8-5-7-17-6-3-4-9-19(17)18/h3-11,14,22,25H,12-13,15H2,1-2H3. The van der Waals surface area contributed by atoms with Gasteiger partial charge in [-0.2, -0.15) is 0 Å². The molecule has 1 N–H and O–H groups in total. The fourth-order valence-corrected chi connectivity index (χ4v) is 4.69. The molecule has 0 amide bonds. The topological polar surface area (TPSA) is 17.0 Å². The molecule has 0 saturated carbocycles. The van der Waals surface area contributed by atoms with E-state index in [0.29, 0.717) is 6.04 Å². The van der Waals surface area contributed by atoms with Crippen molar-refractivity contribution >= 4 is 21.7 Å². The van der Waals surface area contributed by atoms with Gasteiger partial charge in [-0.05, 0) is 60.3 Å². The van der Waals surface area contributed by atoms with Crippen molar-refractivity contribution in [3.8, 4) is 0 Å². The van der Waals surface area contributed by atoms with Crippen molar-refractivity contribution in [1.82, 2.24) is 9.88 Å². The fourth-order valence-electron chi connectivity index (χ4n) is 4.69. The Kier molecular flexibility index (Phi) is 3.61. The largest absolute Gasteiger partial charge is 0.346 e. The molecule has 2 nitrogen and oxygen atoms in total. The molecule has 1 atom stereocenters. The van der Waals surface area contributed by atoms with Crippen LogP contribution in [0.5, 0.6) is 0 Å². The normalized spacial score (nSPS) is 16.9. The van der Waals surface area contributed by atoms with Gasteiger partial charge in [-0.15, -0.1) is 0 Å². The van der Waals surface area contributed by atoms with Crippen LogP contribution in [0.2, 0.25) is 0 Å². The van der Waals surface area contributed by atoms with Crippen LogP contribution in [0.25, 0.3) is 21.7 Å². The molecule has 26 heavy (non-hydrogen) atoms. The Morgan fingerprint density at radius 3 is 2.77 bits per heavy atom. The molecular weight excluding hydrogens is 316 g/mol. The Labute approximate surface area is 154 Å². The minimum atomic E-state index is 0.363. The molecule has 1 aliphatic rings. The number of benzene rings is 3. The molecule has 0 spiro atoms. The van der Waals surface area contributed by atoms with E-state index >= 15 is 0 Å². The van der Waals surface area contributed by atoms with Crippen molar-refractivity contribution < 1.29 is 0 Å². The van der Waals surface area contributed by atoms with Gasteiger partial charge in [-0.3, -0.25) is 0 Å². The molecule has 130 valence electrons. The molecule has 0 fully saturated rings. The maximum Gasteiger partial charge on any atom is 0.0519 e. The lowest BCUT2D eigenvalue weighted by atomic mass is 9.92. The molecule has 4 aromatic rings. The first-order valence-corrected chi connectivity index (χ1v) is 9.50. The summed E-state index contributed by atoms with van der Waals surface area (Å²) >= 11 is 0. The SMILES string of the molecule is Cc1ccc2c(c1)c1c(n2C)C(Cc2cccc3ccccc23)NCC1. The first kappa shape index (κ1) is 15.7. The molecule has 2 heteroatoms. The summed E-state index contributed by atoms with van der Waals surface area (Å²) in [6, 6.07) is 22.6. The Balaban J connectivity index is 1.63. The van der Waals surface area contributed by atoms with E-state index in [1.54, 1.807) is 0 Å². The molecule has 3 aromatic carbocycles.